The zero-order valence-electron chi connectivity index (χ0n) is 10.6. The van der Waals surface area contributed by atoms with E-state index in [9.17, 15) is 5.11 Å². The third-order valence-corrected chi connectivity index (χ3v) is 4.53. The van der Waals surface area contributed by atoms with Crippen LogP contribution < -0.4 is 0 Å². The number of hydrogen-bond donors (Lipinski definition) is 1. The smallest absolute Gasteiger partial charge is 0.0950 e. The Bertz CT molecular complexity index is 417. The lowest BCUT2D eigenvalue weighted by molar-refractivity contribution is 0.0729. The molecule has 2 aliphatic carbocycles. The summed E-state index contributed by atoms with van der Waals surface area (Å²) >= 11 is 0. The van der Waals surface area contributed by atoms with Crippen molar-refractivity contribution in [3.05, 3.63) is 35.4 Å². The van der Waals surface area contributed by atoms with E-state index in [1.807, 2.05) is 6.07 Å². The quantitative estimate of drug-likeness (QED) is 0.862. The number of likely N-dealkylation sites (N-methyl/N-ethyl adjacent to an activating group) is 1. The second kappa shape index (κ2) is 4.11. The highest BCUT2D eigenvalue weighted by Gasteiger charge is 2.38. The van der Waals surface area contributed by atoms with Gasteiger partial charge in [-0.1, -0.05) is 31.2 Å². The van der Waals surface area contributed by atoms with Crippen LogP contribution in [0.15, 0.2) is 24.3 Å². The molecule has 4 atom stereocenters. The van der Waals surface area contributed by atoms with Gasteiger partial charge in [0.25, 0.3) is 0 Å². The second-order valence-corrected chi connectivity index (χ2v) is 5.83. The fraction of sp³-hybridized carbons (Fsp3) is 0.600. The average Bonchev–Trinajstić information content (AvgIpc) is 2.89. The Balaban J connectivity index is 1.70. The van der Waals surface area contributed by atoms with Crippen molar-refractivity contribution < 1.29 is 5.11 Å². The molecule has 0 aromatic heterocycles. The van der Waals surface area contributed by atoms with Crippen LogP contribution in [0, 0.1) is 11.8 Å². The van der Waals surface area contributed by atoms with Gasteiger partial charge in [-0.3, -0.25) is 4.90 Å². The number of aliphatic hydroxyl groups excluding tert-OH is 1. The van der Waals surface area contributed by atoms with Crippen molar-refractivity contribution in [2.24, 2.45) is 11.8 Å². The first-order chi connectivity index (χ1) is 8.16. The first kappa shape index (κ1) is 11.2. The standard InChI is InChI=1S/C15H21NO/c1-10-7-12(10)9-16(2)14-8-11-5-3-4-6-13(11)15(14)17/h3-6,10,12,14-15,17H,7-9H2,1-2H3. The zero-order chi connectivity index (χ0) is 12.0. The molecule has 1 aromatic carbocycles. The summed E-state index contributed by atoms with van der Waals surface area (Å²) in [6.45, 7) is 3.45. The van der Waals surface area contributed by atoms with Crippen molar-refractivity contribution in [3.63, 3.8) is 0 Å². The van der Waals surface area contributed by atoms with Gasteiger partial charge in [-0.15, -0.1) is 0 Å². The van der Waals surface area contributed by atoms with E-state index >= 15 is 0 Å². The van der Waals surface area contributed by atoms with E-state index in [1.54, 1.807) is 0 Å². The molecule has 3 rings (SSSR count). The number of aliphatic hydroxyl groups is 1. The maximum Gasteiger partial charge on any atom is 0.0950 e. The summed E-state index contributed by atoms with van der Waals surface area (Å²) in [5, 5.41) is 10.4. The molecule has 1 N–H and O–H groups in total. The fourth-order valence-electron chi connectivity index (χ4n) is 3.11. The molecular weight excluding hydrogens is 210 g/mol. The lowest BCUT2D eigenvalue weighted by atomic mass is 10.1. The molecule has 0 amide bonds. The molecular formula is C15H21NO. The molecule has 17 heavy (non-hydrogen) atoms. The van der Waals surface area contributed by atoms with Crippen molar-refractivity contribution in [2.45, 2.75) is 31.9 Å². The van der Waals surface area contributed by atoms with Crippen LogP contribution in [0.25, 0.3) is 0 Å². The topological polar surface area (TPSA) is 23.5 Å². The van der Waals surface area contributed by atoms with Crippen molar-refractivity contribution in [1.82, 2.24) is 4.90 Å². The minimum Gasteiger partial charge on any atom is -0.387 e. The predicted octanol–water partition coefficient (Wildman–Crippen LogP) is 2.23. The van der Waals surface area contributed by atoms with Crippen LogP contribution in [0.1, 0.15) is 30.6 Å². The Morgan fingerprint density at radius 1 is 1.35 bits per heavy atom. The molecule has 2 aliphatic rings. The van der Waals surface area contributed by atoms with E-state index in [-0.39, 0.29) is 12.1 Å². The first-order valence-corrected chi connectivity index (χ1v) is 6.63. The van der Waals surface area contributed by atoms with Crippen molar-refractivity contribution in [2.75, 3.05) is 13.6 Å². The lowest BCUT2D eigenvalue weighted by Crippen LogP contribution is -2.36. The van der Waals surface area contributed by atoms with Gasteiger partial charge >= 0.3 is 0 Å². The van der Waals surface area contributed by atoms with E-state index in [4.69, 9.17) is 0 Å². The highest BCUT2D eigenvalue weighted by atomic mass is 16.3. The fourth-order valence-corrected chi connectivity index (χ4v) is 3.11. The second-order valence-electron chi connectivity index (χ2n) is 5.83. The van der Waals surface area contributed by atoms with Gasteiger partial charge in [-0.2, -0.15) is 0 Å². The minimum absolute atomic E-state index is 0.278. The van der Waals surface area contributed by atoms with Crippen LogP contribution in [0.5, 0.6) is 0 Å². The number of benzene rings is 1. The van der Waals surface area contributed by atoms with E-state index in [1.165, 1.54) is 12.0 Å². The number of nitrogens with zero attached hydrogens (tertiary/aromatic N) is 1. The van der Waals surface area contributed by atoms with Gasteiger partial charge in [0.1, 0.15) is 0 Å². The number of rotatable bonds is 3. The molecule has 0 heterocycles. The summed E-state index contributed by atoms with van der Waals surface area (Å²) in [6.07, 6.45) is 2.06. The van der Waals surface area contributed by atoms with Gasteiger partial charge in [0.15, 0.2) is 0 Å². The van der Waals surface area contributed by atoms with Gasteiger partial charge in [-0.05, 0) is 42.9 Å². The van der Waals surface area contributed by atoms with E-state index in [2.05, 4.69) is 37.1 Å². The highest BCUT2D eigenvalue weighted by Crippen LogP contribution is 2.40. The summed E-state index contributed by atoms with van der Waals surface area (Å²) in [5.41, 5.74) is 2.45. The summed E-state index contributed by atoms with van der Waals surface area (Å²) in [7, 11) is 2.16. The maximum atomic E-state index is 10.4. The van der Waals surface area contributed by atoms with E-state index in [0.29, 0.717) is 0 Å². The molecule has 0 bridgehead atoms. The van der Waals surface area contributed by atoms with E-state index < -0.39 is 0 Å². The summed E-state index contributed by atoms with van der Waals surface area (Å²) in [5.74, 6) is 1.74. The van der Waals surface area contributed by atoms with Crippen LogP contribution in [0.4, 0.5) is 0 Å². The normalized spacial score (nSPS) is 35.1. The lowest BCUT2D eigenvalue weighted by Gasteiger charge is -2.27. The van der Waals surface area contributed by atoms with Gasteiger partial charge in [-0.25, -0.2) is 0 Å². The summed E-state index contributed by atoms with van der Waals surface area (Å²) in [4.78, 5) is 2.36. The SMILES string of the molecule is CC1CC1CN(C)C1Cc2ccccc2C1O. The molecule has 0 spiro atoms. The molecule has 4 unspecified atom stereocenters. The molecule has 0 saturated heterocycles. The van der Waals surface area contributed by atoms with Crippen LogP contribution in [-0.2, 0) is 6.42 Å². The third kappa shape index (κ3) is 2.00. The molecule has 0 radical (unpaired) electrons. The Morgan fingerprint density at radius 3 is 2.71 bits per heavy atom. The maximum absolute atomic E-state index is 10.4. The van der Waals surface area contributed by atoms with Crippen LogP contribution in [-0.4, -0.2) is 29.6 Å². The Hall–Kier alpha value is -0.860. The largest absolute Gasteiger partial charge is 0.387 e. The van der Waals surface area contributed by atoms with Crippen LogP contribution >= 0.6 is 0 Å². The molecule has 2 heteroatoms. The molecule has 1 aromatic rings. The van der Waals surface area contributed by atoms with E-state index in [0.717, 1.165) is 30.4 Å². The first-order valence-electron chi connectivity index (χ1n) is 6.63. The van der Waals surface area contributed by atoms with Crippen LogP contribution in [0.2, 0.25) is 0 Å². The third-order valence-electron chi connectivity index (χ3n) is 4.53. The molecule has 0 aliphatic heterocycles. The molecule has 1 fully saturated rings. The van der Waals surface area contributed by atoms with Crippen molar-refractivity contribution >= 4 is 0 Å². The molecule has 92 valence electrons. The summed E-state index contributed by atoms with van der Waals surface area (Å²) < 4.78 is 0. The van der Waals surface area contributed by atoms with Gasteiger partial charge in [0, 0.05) is 12.6 Å². The zero-order valence-corrected chi connectivity index (χ0v) is 10.6. The Labute approximate surface area is 103 Å². The highest BCUT2D eigenvalue weighted by molar-refractivity contribution is 5.35. The predicted molar refractivity (Wildman–Crippen MR) is 68.8 cm³/mol. The van der Waals surface area contributed by atoms with Gasteiger partial charge in [0.05, 0.1) is 6.10 Å². The Kier molecular flexibility index (Phi) is 2.72. The van der Waals surface area contributed by atoms with Crippen LogP contribution in [0.3, 0.4) is 0 Å². The summed E-state index contributed by atoms with van der Waals surface area (Å²) in [6, 6.07) is 8.57. The van der Waals surface area contributed by atoms with Gasteiger partial charge < -0.3 is 5.11 Å². The van der Waals surface area contributed by atoms with Crippen molar-refractivity contribution in [1.29, 1.82) is 0 Å². The molecule has 2 nitrogen and oxygen atoms in total. The minimum atomic E-state index is -0.301. The monoisotopic (exact) mass is 231 g/mol. The molecule has 1 saturated carbocycles. The van der Waals surface area contributed by atoms with Crippen molar-refractivity contribution in [3.8, 4) is 0 Å². The van der Waals surface area contributed by atoms with Gasteiger partial charge in [0.2, 0.25) is 0 Å². The number of hydrogen-bond acceptors (Lipinski definition) is 2. The Morgan fingerprint density at radius 2 is 2.06 bits per heavy atom. The average molecular weight is 231 g/mol. The number of fused-ring (bicyclic) bond motifs is 1.